The Hall–Kier alpha value is -2.48. The Balaban J connectivity index is 2.82. The summed E-state index contributed by atoms with van der Waals surface area (Å²) in [6, 6.07) is 5.91. The van der Waals surface area contributed by atoms with Crippen molar-refractivity contribution in [1.29, 1.82) is 0 Å². The molecule has 160 valence electrons. The number of benzene rings is 1. The lowest BCUT2D eigenvalue weighted by Crippen LogP contribution is -2.34. The van der Waals surface area contributed by atoms with Crippen molar-refractivity contribution in [2.45, 2.75) is 40.0 Å². The lowest BCUT2D eigenvalue weighted by molar-refractivity contribution is 0.207. The average Bonchev–Trinajstić information content (AvgIpc) is 2.87. The van der Waals surface area contributed by atoms with Gasteiger partial charge < -0.3 is 14.5 Å². The molecule has 0 amide bonds. The summed E-state index contributed by atoms with van der Waals surface area (Å²) in [6.07, 6.45) is 15.3. The predicted octanol–water partition coefficient (Wildman–Crippen LogP) is 6.00. The van der Waals surface area contributed by atoms with Crippen LogP contribution in [0.25, 0.3) is 0 Å². The number of aliphatic imine (C=N–C) groups is 1. The number of ether oxygens (including phenoxy) is 1. The highest BCUT2D eigenvalue weighted by Gasteiger charge is 2.30. The van der Waals surface area contributed by atoms with Crippen molar-refractivity contribution in [3.8, 4) is 12.3 Å². The molecule has 1 heterocycles. The quantitative estimate of drug-likeness (QED) is 0.501. The van der Waals surface area contributed by atoms with Crippen LogP contribution in [-0.4, -0.2) is 38.0 Å². The molecule has 0 aromatic heterocycles. The fraction of sp³-hybridized carbons (Fsp3) is 0.400. The molecular formula is C25H32ClN3O. The van der Waals surface area contributed by atoms with Gasteiger partial charge in [-0.2, -0.15) is 0 Å². The first-order valence-corrected chi connectivity index (χ1v) is 10.7. The van der Waals surface area contributed by atoms with E-state index in [4.69, 9.17) is 22.8 Å². The third-order valence-corrected chi connectivity index (χ3v) is 5.20. The molecule has 1 aliphatic rings. The first-order chi connectivity index (χ1) is 14.5. The predicted molar refractivity (Wildman–Crippen MR) is 129 cm³/mol. The molecule has 4 nitrogen and oxygen atoms in total. The van der Waals surface area contributed by atoms with Gasteiger partial charge in [0.25, 0.3) is 0 Å². The maximum atomic E-state index is 6.41. The van der Waals surface area contributed by atoms with Crippen LogP contribution in [0, 0.1) is 12.3 Å². The van der Waals surface area contributed by atoms with Crippen LogP contribution < -0.4 is 4.90 Å². The zero-order chi connectivity index (χ0) is 22.1. The van der Waals surface area contributed by atoms with Crippen molar-refractivity contribution in [1.82, 2.24) is 4.90 Å². The van der Waals surface area contributed by atoms with E-state index < -0.39 is 0 Å². The number of rotatable bonds is 7. The first kappa shape index (κ1) is 23.8. The van der Waals surface area contributed by atoms with Gasteiger partial charge in [0.15, 0.2) is 0 Å². The number of anilines is 1. The minimum atomic E-state index is 0.483. The normalized spacial score (nSPS) is 17.9. The van der Waals surface area contributed by atoms with Crippen molar-refractivity contribution in [3.05, 3.63) is 64.1 Å². The molecule has 0 radical (unpaired) electrons. The van der Waals surface area contributed by atoms with E-state index in [1.165, 1.54) is 0 Å². The maximum Gasteiger partial charge on any atom is 0.137 e. The largest absolute Gasteiger partial charge is 0.378 e. The molecule has 0 N–H and O–H groups in total. The fourth-order valence-electron chi connectivity index (χ4n) is 3.50. The molecule has 0 bridgehead atoms. The number of hydrogen-bond acceptors (Lipinski definition) is 3. The molecule has 0 saturated heterocycles. The second-order valence-corrected chi connectivity index (χ2v) is 7.53. The molecule has 0 unspecified atom stereocenters. The summed E-state index contributed by atoms with van der Waals surface area (Å²) in [5.41, 5.74) is 4.93. The first-order valence-electron chi connectivity index (χ1n) is 10.4. The molecule has 1 aliphatic heterocycles. The Morgan fingerprint density at radius 1 is 1.37 bits per heavy atom. The summed E-state index contributed by atoms with van der Waals surface area (Å²) in [6.45, 7) is 7.33. The van der Waals surface area contributed by atoms with Crippen molar-refractivity contribution in [2.75, 3.05) is 32.2 Å². The van der Waals surface area contributed by atoms with Crippen LogP contribution in [0.3, 0.4) is 0 Å². The molecule has 2 rings (SSSR count). The number of halogens is 1. The van der Waals surface area contributed by atoms with Crippen LogP contribution in [0.15, 0.2) is 58.5 Å². The Bertz CT molecular complexity index is 905. The Morgan fingerprint density at radius 2 is 2.13 bits per heavy atom. The Labute approximate surface area is 186 Å². The van der Waals surface area contributed by atoms with Crippen molar-refractivity contribution in [2.24, 2.45) is 4.99 Å². The van der Waals surface area contributed by atoms with Gasteiger partial charge in [-0.25, -0.2) is 0 Å². The number of amidine groups is 1. The number of unbranched alkanes of at least 4 members (excludes halogenated alkanes) is 1. The van der Waals surface area contributed by atoms with Crippen LogP contribution in [0.5, 0.6) is 0 Å². The second kappa shape index (κ2) is 11.6. The summed E-state index contributed by atoms with van der Waals surface area (Å²) in [7, 11) is 3.52. The second-order valence-electron chi connectivity index (χ2n) is 7.09. The maximum absolute atomic E-state index is 6.41. The van der Waals surface area contributed by atoms with Crippen LogP contribution in [-0.2, 0) is 4.74 Å². The molecule has 1 aromatic carbocycles. The van der Waals surface area contributed by atoms with Crippen LogP contribution in [0.4, 0.5) is 5.69 Å². The lowest BCUT2D eigenvalue weighted by Gasteiger charge is -2.29. The van der Waals surface area contributed by atoms with E-state index in [1.54, 1.807) is 7.11 Å². The van der Waals surface area contributed by atoms with E-state index in [0.717, 1.165) is 53.3 Å². The van der Waals surface area contributed by atoms with E-state index in [0.29, 0.717) is 18.2 Å². The summed E-state index contributed by atoms with van der Waals surface area (Å²) in [4.78, 5) is 9.03. The fourth-order valence-corrected chi connectivity index (χ4v) is 3.67. The van der Waals surface area contributed by atoms with Gasteiger partial charge in [0, 0.05) is 42.2 Å². The third-order valence-electron chi connectivity index (χ3n) is 4.96. The van der Waals surface area contributed by atoms with Crippen molar-refractivity contribution < 1.29 is 4.74 Å². The molecule has 0 fully saturated rings. The minimum absolute atomic E-state index is 0.483. The topological polar surface area (TPSA) is 28.1 Å². The highest BCUT2D eigenvalue weighted by atomic mass is 35.5. The molecular weight excluding hydrogens is 394 g/mol. The van der Waals surface area contributed by atoms with E-state index in [2.05, 4.69) is 52.9 Å². The van der Waals surface area contributed by atoms with Crippen molar-refractivity contribution in [3.63, 3.8) is 0 Å². The number of allylic oxidation sites excluding steroid dienone is 3. The Kier molecular flexibility index (Phi) is 9.23. The SMILES string of the molecule is C#C/C(C)=C1\CN(/C(=C\CC)COC)C(=NC)c2cc(Cl)ccc2N1/C=C/CCC. The monoisotopic (exact) mass is 425 g/mol. The molecule has 5 heteroatoms. The smallest absolute Gasteiger partial charge is 0.137 e. The molecule has 30 heavy (non-hydrogen) atoms. The summed E-state index contributed by atoms with van der Waals surface area (Å²) in [5.74, 6) is 3.69. The van der Waals surface area contributed by atoms with Gasteiger partial charge >= 0.3 is 0 Å². The van der Waals surface area contributed by atoms with E-state index in [1.807, 2.05) is 32.2 Å². The number of terminal acetylenes is 1. The van der Waals surface area contributed by atoms with E-state index >= 15 is 0 Å². The molecule has 1 aromatic rings. The van der Waals surface area contributed by atoms with E-state index in [9.17, 15) is 0 Å². The molecule has 0 aliphatic carbocycles. The highest BCUT2D eigenvalue weighted by Crippen LogP contribution is 2.35. The van der Waals surface area contributed by atoms with E-state index in [-0.39, 0.29) is 0 Å². The lowest BCUT2D eigenvalue weighted by atomic mass is 10.1. The standard InChI is InChI=1S/C25H32ClN3O/c1-7-10-11-15-28-23-14-13-20(26)16-22(23)25(27-5)29(17-24(28)19(4)9-3)21(12-8-2)18-30-6/h3,11-16H,7-8,10,17-18H2,1-2,4-6H3/b15-11+,21-12-,24-19+,27-25?. The van der Waals surface area contributed by atoms with Crippen molar-refractivity contribution >= 4 is 23.1 Å². The molecule has 0 spiro atoms. The summed E-state index contributed by atoms with van der Waals surface area (Å²) >= 11 is 6.41. The highest BCUT2D eigenvalue weighted by molar-refractivity contribution is 6.31. The average molecular weight is 426 g/mol. The zero-order valence-corrected chi connectivity index (χ0v) is 19.5. The van der Waals surface area contributed by atoms with Gasteiger partial charge in [0.05, 0.1) is 24.5 Å². The molecule has 0 atom stereocenters. The van der Waals surface area contributed by atoms with Crippen LogP contribution >= 0.6 is 11.6 Å². The zero-order valence-electron chi connectivity index (χ0n) is 18.7. The van der Waals surface area contributed by atoms with Crippen LogP contribution in [0.1, 0.15) is 45.6 Å². The minimum Gasteiger partial charge on any atom is -0.378 e. The van der Waals surface area contributed by atoms with Crippen LogP contribution in [0.2, 0.25) is 5.02 Å². The number of fused-ring (bicyclic) bond motifs is 1. The van der Waals surface area contributed by atoms with Gasteiger partial charge in [-0.1, -0.05) is 49.9 Å². The van der Waals surface area contributed by atoms with Gasteiger partial charge in [0.1, 0.15) is 5.84 Å². The molecule has 0 saturated carbocycles. The van der Waals surface area contributed by atoms with Gasteiger partial charge in [0.2, 0.25) is 0 Å². The van der Waals surface area contributed by atoms with Gasteiger partial charge in [-0.05, 0) is 38.0 Å². The van der Waals surface area contributed by atoms with Gasteiger partial charge in [-0.15, -0.1) is 6.42 Å². The Morgan fingerprint density at radius 3 is 2.73 bits per heavy atom. The number of methoxy groups -OCH3 is 1. The third kappa shape index (κ3) is 5.36. The summed E-state index contributed by atoms with van der Waals surface area (Å²) in [5, 5.41) is 0.668. The number of nitrogens with zero attached hydrogens (tertiary/aromatic N) is 3. The number of hydrogen-bond donors (Lipinski definition) is 0. The van der Waals surface area contributed by atoms with Gasteiger partial charge in [-0.3, -0.25) is 4.99 Å². The summed E-state index contributed by atoms with van der Waals surface area (Å²) < 4.78 is 5.51.